The summed E-state index contributed by atoms with van der Waals surface area (Å²) in [6, 6.07) is 5.12. The van der Waals surface area contributed by atoms with Gasteiger partial charge in [-0.1, -0.05) is 19.9 Å². The molecule has 1 aromatic rings. The molecule has 0 atom stereocenters. The average molecular weight is 221 g/mol. The highest BCUT2D eigenvalue weighted by atomic mass is 16.6. The summed E-state index contributed by atoms with van der Waals surface area (Å²) in [7, 11) is 0. The summed E-state index contributed by atoms with van der Waals surface area (Å²) < 4.78 is 5.57. The number of nitro groups is 1. The molecule has 16 heavy (non-hydrogen) atoms. The van der Waals surface area contributed by atoms with Gasteiger partial charge in [-0.2, -0.15) is 0 Å². The van der Waals surface area contributed by atoms with Gasteiger partial charge in [-0.05, 0) is 30.4 Å². The number of rotatable bonds is 4. The van der Waals surface area contributed by atoms with E-state index >= 15 is 0 Å². The molecule has 0 amide bonds. The molecule has 0 bridgehead atoms. The summed E-state index contributed by atoms with van der Waals surface area (Å²) in [5.74, 6) is 0.765. The maximum atomic E-state index is 10.8. The molecule has 1 fully saturated rings. The Balaban J connectivity index is 2.33. The lowest BCUT2D eigenvalue weighted by Gasteiger charge is -2.09. The minimum absolute atomic E-state index is 0.0660. The molecule has 0 aromatic heterocycles. The zero-order chi connectivity index (χ0) is 11.7. The Morgan fingerprint density at radius 2 is 2.12 bits per heavy atom. The van der Waals surface area contributed by atoms with Crippen molar-refractivity contribution in [1.29, 1.82) is 0 Å². The van der Waals surface area contributed by atoms with Crippen molar-refractivity contribution in [3.05, 3.63) is 33.9 Å². The molecule has 1 aliphatic rings. The van der Waals surface area contributed by atoms with Crippen LogP contribution >= 0.6 is 0 Å². The third kappa shape index (κ3) is 2.32. The van der Waals surface area contributed by atoms with E-state index in [1.807, 2.05) is 0 Å². The third-order valence-electron chi connectivity index (χ3n) is 2.67. The van der Waals surface area contributed by atoms with E-state index in [0.29, 0.717) is 11.7 Å². The van der Waals surface area contributed by atoms with Crippen molar-refractivity contribution < 1.29 is 9.66 Å². The van der Waals surface area contributed by atoms with Crippen LogP contribution in [0.25, 0.3) is 0 Å². The zero-order valence-electron chi connectivity index (χ0n) is 9.47. The van der Waals surface area contributed by atoms with Gasteiger partial charge in [-0.25, -0.2) is 0 Å². The second-order valence-electron chi connectivity index (χ2n) is 4.46. The van der Waals surface area contributed by atoms with Crippen molar-refractivity contribution in [2.45, 2.75) is 38.7 Å². The number of hydrogen-bond acceptors (Lipinski definition) is 3. The van der Waals surface area contributed by atoms with Crippen LogP contribution in [0.15, 0.2) is 18.2 Å². The zero-order valence-corrected chi connectivity index (χ0v) is 9.47. The normalized spacial score (nSPS) is 15.2. The van der Waals surface area contributed by atoms with Gasteiger partial charge in [0, 0.05) is 6.07 Å². The maximum Gasteiger partial charge on any atom is 0.310 e. The molecule has 0 spiro atoms. The smallest absolute Gasteiger partial charge is 0.310 e. The van der Waals surface area contributed by atoms with Gasteiger partial charge in [-0.15, -0.1) is 0 Å². The highest BCUT2D eigenvalue weighted by molar-refractivity contribution is 5.49. The van der Waals surface area contributed by atoms with Crippen molar-refractivity contribution >= 4 is 5.69 Å². The standard InChI is InChI=1S/C12H15NO3/c1-8(2)9-3-6-11(13(14)15)12(7-9)16-10-4-5-10/h3,6-8,10H,4-5H2,1-2H3. The van der Waals surface area contributed by atoms with Gasteiger partial charge in [0.25, 0.3) is 0 Å². The lowest BCUT2D eigenvalue weighted by atomic mass is 10.0. The van der Waals surface area contributed by atoms with Crippen molar-refractivity contribution in [2.24, 2.45) is 0 Å². The minimum Gasteiger partial charge on any atom is -0.483 e. The molecular weight excluding hydrogens is 206 g/mol. The monoisotopic (exact) mass is 221 g/mol. The SMILES string of the molecule is CC(C)c1ccc([N+](=O)[O-])c(OC2CC2)c1. The van der Waals surface area contributed by atoms with Crippen LogP contribution in [-0.2, 0) is 0 Å². The van der Waals surface area contributed by atoms with E-state index in [4.69, 9.17) is 4.74 Å². The van der Waals surface area contributed by atoms with Crippen LogP contribution in [0, 0.1) is 10.1 Å². The molecule has 4 nitrogen and oxygen atoms in total. The van der Waals surface area contributed by atoms with Gasteiger partial charge in [0.05, 0.1) is 11.0 Å². The van der Waals surface area contributed by atoms with E-state index in [2.05, 4.69) is 13.8 Å². The van der Waals surface area contributed by atoms with Crippen molar-refractivity contribution in [1.82, 2.24) is 0 Å². The summed E-state index contributed by atoms with van der Waals surface area (Å²) in [5, 5.41) is 10.8. The van der Waals surface area contributed by atoms with Crippen LogP contribution in [0.5, 0.6) is 5.75 Å². The van der Waals surface area contributed by atoms with E-state index in [1.54, 1.807) is 12.1 Å². The van der Waals surface area contributed by atoms with Crippen molar-refractivity contribution in [3.8, 4) is 5.75 Å². The van der Waals surface area contributed by atoms with E-state index in [9.17, 15) is 10.1 Å². The Hall–Kier alpha value is -1.58. The first-order valence-electron chi connectivity index (χ1n) is 5.53. The second kappa shape index (κ2) is 4.12. The summed E-state index contributed by atoms with van der Waals surface area (Å²) in [4.78, 5) is 10.4. The Bertz CT molecular complexity index is 411. The second-order valence-corrected chi connectivity index (χ2v) is 4.46. The molecule has 4 heteroatoms. The number of nitro benzene ring substituents is 1. The number of benzene rings is 1. The first kappa shape index (κ1) is 10.9. The van der Waals surface area contributed by atoms with Crippen molar-refractivity contribution in [2.75, 3.05) is 0 Å². The van der Waals surface area contributed by atoms with Crippen molar-refractivity contribution in [3.63, 3.8) is 0 Å². The number of nitrogens with zero attached hydrogens (tertiary/aromatic N) is 1. The molecule has 0 unspecified atom stereocenters. The minimum atomic E-state index is -0.387. The van der Waals surface area contributed by atoms with E-state index in [-0.39, 0.29) is 16.7 Å². The lowest BCUT2D eigenvalue weighted by Crippen LogP contribution is -2.01. The first-order valence-corrected chi connectivity index (χ1v) is 5.53. The lowest BCUT2D eigenvalue weighted by molar-refractivity contribution is -0.386. The molecular formula is C12H15NO3. The average Bonchev–Trinajstić information content (AvgIpc) is 3.01. The quantitative estimate of drug-likeness (QED) is 0.579. The fourth-order valence-corrected chi connectivity index (χ4v) is 1.50. The van der Waals surface area contributed by atoms with Crippen LogP contribution in [0.3, 0.4) is 0 Å². The summed E-state index contributed by atoms with van der Waals surface area (Å²) >= 11 is 0. The van der Waals surface area contributed by atoms with Gasteiger partial charge >= 0.3 is 5.69 Å². The largest absolute Gasteiger partial charge is 0.483 e. The predicted molar refractivity (Wildman–Crippen MR) is 60.8 cm³/mol. The Labute approximate surface area is 94.4 Å². The van der Waals surface area contributed by atoms with Gasteiger partial charge in [0.15, 0.2) is 5.75 Å². The molecule has 1 aromatic carbocycles. The molecule has 0 N–H and O–H groups in total. The molecule has 86 valence electrons. The highest BCUT2D eigenvalue weighted by Gasteiger charge is 2.27. The van der Waals surface area contributed by atoms with Gasteiger partial charge in [0.2, 0.25) is 0 Å². The van der Waals surface area contributed by atoms with Gasteiger partial charge in [0.1, 0.15) is 0 Å². The molecule has 0 saturated heterocycles. The van der Waals surface area contributed by atoms with Crippen LogP contribution < -0.4 is 4.74 Å². The van der Waals surface area contributed by atoms with E-state index in [0.717, 1.165) is 18.4 Å². The van der Waals surface area contributed by atoms with Crippen LogP contribution in [0.4, 0.5) is 5.69 Å². The molecule has 1 saturated carbocycles. The fourth-order valence-electron chi connectivity index (χ4n) is 1.50. The van der Waals surface area contributed by atoms with Gasteiger partial charge in [-0.3, -0.25) is 10.1 Å². The Morgan fingerprint density at radius 1 is 1.44 bits per heavy atom. The number of hydrogen-bond donors (Lipinski definition) is 0. The third-order valence-corrected chi connectivity index (χ3v) is 2.67. The summed E-state index contributed by atoms with van der Waals surface area (Å²) in [6.07, 6.45) is 2.19. The molecule has 0 heterocycles. The van der Waals surface area contributed by atoms with Crippen LogP contribution in [-0.4, -0.2) is 11.0 Å². The van der Waals surface area contributed by atoms with Crippen LogP contribution in [0.1, 0.15) is 38.2 Å². The predicted octanol–water partition coefficient (Wildman–Crippen LogP) is 3.26. The first-order chi connectivity index (χ1) is 7.58. The van der Waals surface area contributed by atoms with E-state index in [1.165, 1.54) is 6.07 Å². The maximum absolute atomic E-state index is 10.8. The molecule has 2 rings (SSSR count). The van der Waals surface area contributed by atoms with Gasteiger partial charge < -0.3 is 4.74 Å². The van der Waals surface area contributed by atoms with E-state index < -0.39 is 0 Å². The highest BCUT2D eigenvalue weighted by Crippen LogP contribution is 2.35. The number of ether oxygens (including phenoxy) is 1. The van der Waals surface area contributed by atoms with Crippen LogP contribution in [0.2, 0.25) is 0 Å². The Morgan fingerprint density at radius 3 is 2.62 bits per heavy atom. The summed E-state index contributed by atoms with van der Waals surface area (Å²) in [5.41, 5.74) is 1.14. The fraction of sp³-hybridized carbons (Fsp3) is 0.500. The molecule has 0 radical (unpaired) electrons. The summed E-state index contributed by atoms with van der Waals surface area (Å²) in [6.45, 7) is 4.12. The molecule has 0 aliphatic heterocycles. The Kier molecular flexibility index (Phi) is 2.81. The topological polar surface area (TPSA) is 52.4 Å². The molecule has 1 aliphatic carbocycles.